The highest BCUT2D eigenvalue weighted by atomic mass is 16.7. The fourth-order valence-corrected chi connectivity index (χ4v) is 3.92. The largest absolute Gasteiger partial charge is 0.468 e. The van der Waals surface area contributed by atoms with E-state index in [1.54, 1.807) is 0 Å². The van der Waals surface area contributed by atoms with Gasteiger partial charge in [0.2, 0.25) is 0 Å². The van der Waals surface area contributed by atoms with Gasteiger partial charge >= 0.3 is 0 Å². The molecule has 0 amide bonds. The molecule has 1 saturated heterocycles. The molecule has 1 aliphatic heterocycles. The molecule has 1 fully saturated rings. The molecule has 0 spiro atoms. The van der Waals surface area contributed by atoms with Crippen LogP contribution in [0.1, 0.15) is 117 Å². The zero-order valence-electron chi connectivity index (χ0n) is 18.0. The average molecular weight is 385 g/mol. The molecule has 27 heavy (non-hydrogen) atoms. The van der Waals surface area contributed by atoms with Crippen molar-refractivity contribution in [1.29, 1.82) is 0 Å². The van der Waals surface area contributed by atoms with E-state index in [1.165, 1.54) is 70.6 Å². The zero-order valence-corrected chi connectivity index (χ0v) is 18.0. The Kier molecular flexibility index (Phi) is 14.8. The number of hydrogen-bond donors (Lipinski definition) is 0. The Labute approximate surface area is 167 Å². The third-order valence-corrected chi connectivity index (χ3v) is 5.59. The van der Waals surface area contributed by atoms with Gasteiger partial charge in [0.05, 0.1) is 19.3 Å². The van der Waals surface area contributed by atoms with Crippen molar-refractivity contribution < 1.29 is 19.0 Å². The number of carbonyl (C=O) groups is 1. The number of ether oxygens (including phenoxy) is 3. The Morgan fingerprint density at radius 2 is 1.44 bits per heavy atom. The van der Waals surface area contributed by atoms with Crippen LogP contribution < -0.4 is 0 Å². The lowest BCUT2D eigenvalue weighted by Crippen LogP contribution is -2.31. The molecule has 4 nitrogen and oxygen atoms in total. The Hall–Kier alpha value is -0.610. The first-order chi connectivity index (χ1) is 13.3. The number of rotatable bonds is 19. The normalized spacial score (nSPS) is 22.2. The van der Waals surface area contributed by atoms with Crippen LogP contribution >= 0.6 is 0 Å². The summed E-state index contributed by atoms with van der Waals surface area (Å²) in [6, 6.07) is 0. The van der Waals surface area contributed by atoms with Crippen LogP contribution in [-0.4, -0.2) is 31.6 Å². The lowest BCUT2D eigenvalue weighted by molar-refractivity contribution is -0.180. The first-order valence-corrected chi connectivity index (χ1v) is 11.6. The molecule has 0 aromatic heterocycles. The van der Waals surface area contributed by atoms with E-state index in [1.807, 2.05) is 0 Å². The second-order valence-corrected chi connectivity index (χ2v) is 8.11. The Bertz CT molecular complexity index is 347. The molecular formula is C23H44O4. The van der Waals surface area contributed by atoms with E-state index >= 15 is 0 Å². The lowest BCUT2D eigenvalue weighted by atomic mass is 9.99. The minimum absolute atomic E-state index is 0.206. The second-order valence-electron chi connectivity index (χ2n) is 8.11. The van der Waals surface area contributed by atoms with E-state index in [9.17, 15) is 4.79 Å². The number of carbonyl (C=O) groups excluding carboxylic acids is 1. The molecule has 2 unspecified atom stereocenters. The summed E-state index contributed by atoms with van der Waals surface area (Å²) in [5.74, 6) is -0.332. The maximum absolute atomic E-state index is 10.2. The summed E-state index contributed by atoms with van der Waals surface area (Å²) in [6.45, 7) is 6.28. The molecule has 0 aliphatic carbocycles. The molecular weight excluding hydrogens is 340 g/mol. The molecule has 4 heteroatoms. The highest BCUT2D eigenvalue weighted by Gasteiger charge is 2.40. The van der Waals surface area contributed by atoms with E-state index in [4.69, 9.17) is 14.2 Å². The highest BCUT2D eigenvalue weighted by molar-refractivity contribution is 5.36. The first-order valence-electron chi connectivity index (χ1n) is 11.6. The Morgan fingerprint density at radius 1 is 0.852 bits per heavy atom. The van der Waals surface area contributed by atoms with Crippen molar-refractivity contribution in [3.05, 3.63) is 0 Å². The van der Waals surface area contributed by atoms with Gasteiger partial charge in [0.1, 0.15) is 0 Å². The number of unbranched alkanes of at least 4 members (excludes halogenated alkanes) is 10. The molecule has 1 rings (SSSR count). The van der Waals surface area contributed by atoms with Crippen LogP contribution in [0.3, 0.4) is 0 Å². The fraction of sp³-hybridized carbons (Fsp3) is 0.957. The molecule has 0 radical (unpaired) electrons. The third kappa shape index (κ3) is 11.7. The van der Waals surface area contributed by atoms with Crippen LogP contribution in [0.4, 0.5) is 0 Å². The van der Waals surface area contributed by atoms with Crippen LogP contribution in [0.2, 0.25) is 0 Å². The van der Waals surface area contributed by atoms with Gasteiger partial charge < -0.3 is 14.2 Å². The maximum Gasteiger partial charge on any atom is 0.293 e. The fourth-order valence-electron chi connectivity index (χ4n) is 3.92. The SMILES string of the molecule is CCCCCCCCCC1(CCCCCC)OCC(CCCCOC=O)O1. The predicted octanol–water partition coefficient (Wildman–Crippen LogP) is 6.55. The van der Waals surface area contributed by atoms with E-state index in [-0.39, 0.29) is 11.9 Å². The Morgan fingerprint density at radius 3 is 2.07 bits per heavy atom. The van der Waals surface area contributed by atoms with Crippen molar-refractivity contribution in [3.63, 3.8) is 0 Å². The molecule has 2 atom stereocenters. The van der Waals surface area contributed by atoms with Crippen LogP contribution in [-0.2, 0) is 19.0 Å². The monoisotopic (exact) mass is 384 g/mol. The smallest absolute Gasteiger partial charge is 0.293 e. The summed E-state index contributed by atoms with van der Waals surface area (Å²) >= 11 is 0. The van der Waals surface area contributed by atoms with Gasteiger partial charge in [-0.3, -0.25) is 4.79 Å². The molecule has 0 aromatic rings. The van der Waals surface area contributed by atoms with E-state index in [2.05, 4.69) is 13.8 Å². The van der Waals surface area contributed by atoms with Gasteiger partial charge in [-0.25, -0.2) is 0 Å². The maximum atomic E-state index is 10.2. The summed E-state index contributed by atoms with van der Waals surface area (Å²) in [4.78, 5) is 10.2. The van der Waals surface area contributed by atoms with Gasteiger partial charge in [-0.15, -0.1) is 0 Å². The van der Waals surface area contributed by atoms with Gasteiger partial charge in [0.25, 0.3) is 6.47 Å². The standard InChI is InChI=1S/C23H44O4/c1-3-5-7-9-10-11-14-18-23(17-13-8-6-4-2)26-20-22(27-23)16-12-15-19-25-21-24/h21-22H,3-20H2,1-2H3. The first kappa shape index (κ1) is 24.4. The third-order valence-electron chi connectivity index (χ3n) is 5.59. The van der Waals surface area contributed by atoms with Crippen molar-refractivity contribution in [2.24, 2.45) is 0 Å². The summed E-state index contributed by atoms with van der Waals surface area (Å²) in [5, 5.41) is 0. The van der Waals surface area contributed by atoms with Gasteiger partial charge in [0.15, 0.2) is 5.79 Å². The van der Waals surface area contributed by atoms with E-state index in [0.29, 0.717) is 13.1 Å². The summed E-state index contributed by atoms with van der Waals surface area (Å²) in [7, 11) is 0. The van der Waals surface area contributed by atoms with Crippen molar-refractivity contribution in [2.45, 2.75) is 128 Å². The summed E-state index contributed by atoms with van der Waals surface area (Å²) < 4.78 is 17.5. The zero-order chi connectivity index (χ0) is 19.6. The number of hydrogen-bond acceptors (Lipinski definition) is 4. The lowest BCUT2D eigenvalue weighted by Gasteiger charge is -2.28. The van der Waals surface area contributed by atoms with E-state index < -0.39 is 0 Å². The Balaban J connectivity index is 2.30. The van der Waals surface area contributed by atoms with Crippen molar-refractivity contribution in [2.75, 3.05) is 13.2 Å². The second kappa shape index (κ2) is 16.4. The summed E-state index contributed by atoms with van der Waals surface area (Å²) in [5.41, 5.74) is 0. The molecule has 1 heterocycles. The molecule has 0 bridgehead atoms. The summed E-state index contributed by atoms with van der Waals surface area (Å²) in [6.07, 6.45) is 19.5. The van der Waals surface area contributed by atoms with Crippen LogP contribution in [0.25, 0.3) is 0 Å². The van der Waals surface area contributed by atoms with Crippen molar-refractivity contribution >= 4 is 6.47 Å². The van der Waals surface area contributed by atoms with Gasteiger partial charge in [-0.05, 0) is 32.1 Å². The predicted molar refractivity (Wildman–Crippen MR) is 111 cm³/mol. The molecule has 160 valence electrons. The van der Waals surface area contributed by atoms with Gasteiger partial charge in [0, 0.05) is 12.8 Å². The van der Waals surface area contributed by atoms with Crippen LogP contribution in [0.5, 0.6) is 0 Å². The van der Waals surface area contributed by atoms with Crippen molar-refractivity contribution in [3.8, 4) is 0 Å². The van der Waals surface area contributed by atoms with Crippen LogP contribution in [0, 0.1) is 0 Å². The van der Waals surface area contributed by atoms with Gasteiger partial charge in [-0.1, -0.05) is 71.6 Å². The molecule has 0 saturated carbocycles. The average Bonchev–Trinajstić information content (AvgIpc) is 3.08. The topological polar surface area (TPSA) is 44.8 Å². The van der Waals surface area contributed by atoms with E-state index in [0.717, 1.165) is 38.7 Å². The molecule has 0 aromatic carbocycles. The quantitative estimate of drug-likeness (QED) is 0.187. The van der Waals surface area contributed by atoms with Crippen molar-refractivity contribution in [1.82, 2.24) is 0 Å². The van der Waals surface area contributed by atoms with Gasteiger partial charge in [-0.2, -0.15) is 0 Å². The molecule has 0 N–H and O–H groups in total. The minimum Gasteiger partial charge on any atom is -0.468 e. The minimum atomic E-state index is -0.332. The highest BCUT2D eigenvalue weighted by Crippen LogP contribution is 2.36. The molecule has 1 aliphatic rings. The van der Waals surface area contributed by atoms with Crippen LogP contribution in [0.15, 0.2) is 0 Å².